The van der Waals surface area contributed by atoms with E-state index in [1.807, 2.05) is 0 Å². The molecule has 0 aliphatic heterocycles. The van der Waals surface area contributed by atoms with Gasteiger partial charge in [-0.1, -0.05) is 19.1 Å². The number of hydrogen-bond acceptors (Lipinski definition) is 4. The average molecular weight is 399 g/mol. The molecule has 0 bridgehead atoms. The van der Waals surface area contributed by atoms with Crippen LogP contribution in [0.2, 0.25) is 0 Å². The first-order chi connectivity index (χ1) is 13.0. The molecule has 2 N–H and O–H groups in total. The maximum absolute atomic E-state index is 12.6. The van der Waals surface area contributed by atoms with Gasteiger partial charge in [0.15, 0.2) is 0 Å². The van der Waals surface area contributed by atoms with Gasteiger partial charge in [0.1, 0.15) is 6.54 Å². The number of rotatable bonds is 6. The number of nitrogens with zero attached hydrogens (tertiary/aromatic N) is 2. The summed E-state index contributed by atoms with van der Waals surface area (Å²) in [6.07, 6.45) is -4.22. The van der Waals surface area contributed by atoms with Gasteiger partial charge in [0.25, 0.3) is 5.56 Å². The highest BCUT2D eigenvalue weighted by molar-refractivity contribution is 5.76. The Balaban J connectivity index is 2.10. The number of carbonyl (C=O) groups excluding carboxylic acids is 1. The number of aromatic nitrogens is 2. The molecule has 2 rings (SSSR count). The van der Waals surface area contributed by atoms with E-state index in [2.05, 4.69) is 5.32 Å². The van der Waals surface area contributed by atoms with Crippen molar-refractivity contribution in [3.63, 3.8) is 0 Å². The topological polar surface area (TPSA) is 93.3 Å². The maximum atomic E-state index is 12.6. The van der Waals surface area contributed by atoms with Crippen LogP contribution in [0.3, 0.4) is 0 Å². The minimum absolute atomic E-state index is 0.222. The number of carbonyl (C=O) groups is 1. The van der Waals surface area contributed by atoms with Crippen LogP contribution in [0.4, 0.5) is 13.2 Å². The number of aliphatic hydroxyl groups excluding tert-OH is 1. The Labute approximate surface area is 158 Å². The van der Waals surface area contributed by atoms with Crippen molar-refractivity contribution in [2.75, 3.05) is 0 Å². The van der Waals surface area contributed by atoms with Crippen LogP contribution in [0.15, 0.2) is 46.1 Å². The molecule has 2 atom stereocenters. The van der Waals surface area contributed by atoms with E-state index in [-0.39, 0.29) is 12.1 Å². The molecule has 0 unspecified atom stereocenters. The van der Waals surface area contributed by atoms with Gasteiger partial charge in [-0.2, -0.15) is 13.2 Å². The lowest BCUT2D eigenvalue weighted by atomic mass is 9.99. The zero-order valence-electron chi connectivity index (χ0n) is 15.2. The molecular formula is C18H20F3N3O4. The molecule has 7 nitrogen and oxygen atoms in total. The molecule has 0 fully saturated rings. The molecule has 0 aliphatic carbocycles. The molecule has 28 heavy (non-hydrogen) atoms. The van der Waals surface area contributed by atoms with Crippen LogP contribution in [0, 0.1) is 0 Å². The Morgan fingerprint density at radius 3 is 2.32 bits per heavy atom. The number of halogens is 3. The normalized spacial score (nSPS) is 13.8. The predicted octanol–water partition coefficient (Wildman–Crippen LogP) is 1.19. The van der Waals surface area contributed by atoms with Gasteiger partial charge in [-0.25, -0.2) is 4.79 Å². The van der Waals surface area contributed by atoms with Gasteiger partial charge in [0.2, 0.25) is 5.91 Å². The van der Waals surface area contributed by atoms with Crippen LogP contribution in [0.25, 0.3) is 0 Å². The lowest BCUT2D eigenvalue weighted by Gasteiger charge is -2.24. The molecule has 0 spiro atoms. The highest BCUT2D eigenvalue weighted by Gasteiger charge is 2.30. The zero-order chi connectivity index (χ0) is 21.1. The fourth-order valence-electron chi connectivity index (χ4n) is 2.65. The fourth-order valence-corrected chi connectivity index (χ4v) is 2.65. The first-order valence-corrected chi connectivity index (χ1v) is 8.45. The standard InChI is InChI=1S/C18H20F3N3O4/c1-3-13(16(27)11-4-6-12(7-5-11)18(19,20)21)22-14(25)10-24-9-8-15(26)23(2)17(24)28/h4-9,13,16,27H,3,10H2,1-2H3,(H,22,25)/t13-,16-/m1/s1. The van der Waals surface area contributed by atoms with Gasteiger partial charge in [-0.3, -0.25) is 18.7 Å². The molecule has 10 heteroatoms. The third-order valence-electron chi connectivity index (χ3n) is 4.32. The summed E-state index contributed by atoms with van der Waals surface area (Å²) in [5.74, 6) is -0.585. The molecule has 0 aliphatic rings. The van der Waals surface area contributed by atoms with Crippen LogP contribution in [0.5, 0.6) is 0 Å². The minimum Gasteiger partial charge on any atom is -0.386 e. The van der Waals surface area contributed by atoms with Crippen LogP contribution in [0.1, 0.15) is 30.6 Å². The van der Waals surface area contributed by atoms with Gasteiger partial charge >= 0.3 is 11.9 Å². The molecule has 0 radical (unpaired) electrons. The van der Waals surface area contributed by atoms with Crippen LogP contribution in [-0.2, 0) is 24.6 Å². The molecule has 0 saturated heterocycles. The second-order valence-corrected chi connectivity index (χ2v) is 6.27. The minimum atomic E-state index is -4.48. The van der Waals surface area contributed by atoms with Gasteiger partial charge in [-0.15, -0.1) is 0 Å². The van der Waals surface area contributed by atoms with Crippen molar-refractivity contribution < 1.29 is 23.1 Å². The molecule has 2 aromatic rings. The van der Waals surface area contributed by atoms with Crippen LogP contribution < -0.4 is 16.6 Å². The number of hydrogen-bond donors (Lipinski definition) is 2. The first-order valence-electron chi connectivity index (χ1n) is 8.45. The number of alkyl halides is 3. The van der Waals surface area contributed by atoms with E-state index in [1.54, 1.807) is 6.92 Å². The maximum Gasteiger partial charge on any atom is 0.416 e. The Kier molecular flexibility index (Phi) is 6.45. The summed E-state index contributed by atoms with van der Waals surface area (Å²) >= 11 is 0. The second-order valence-electron chi connectivity index (χ2n) is 6.27. The summed E-state index contributed by atoms with van der Waals surface area (Å²) in [7, 11) is 1.28. The second kappa shape index (κ2) is 8.42. The van der Waals surface area contributed by atoms with E-state index in [0.717, 1.165) is 39.5 Å². The summed E-state index contributed by atoms with van der Waals surface area (Å²) in [6.45, 7) is 1.32. The van der Waals surface area contributed by atoms with E-state index in [0.29, 0.717) is 6.42 Å². The summed E-state index contributed by atoms with van der Waals surface area (Å²) in [5, 5.41) is 13.0. The van der Waals surface area contributed by atoms with Gasteiger partial charge in [0, 0.05) is 19.3 Å². The Morgan fingerprint density at radius 1 is 1.18 bits per heavy atom. The van der Waals surface area contributed by atoms with Crippen molar-refractivity contribution in [1.29, 1.82) is 0 Å². The van der Waals surface area contributed by atoms with Crippen LogP contribution in [-0.4, -0.2) is 26.2 Å². The van der Waals surface area contributed by atoms with E-state index in [9.17, 15) is 32.7 Å². The first kappa shape index (κ1) is 21.4. The summed E-state index contributed by atoms with van der Waals surface area (Å²) in [5.41, 5.74) is -1.79. The van der Waals surface area contributed by atoms with E-state index >= 15 is 0 Å². The van der Waals surface area contributed by atoms with Gasteiger partial charge in [0.05, 0.1) is 17.7 Å². The summed E-state index contributed by atoms with van der Waals surface area (Å²) < 4.78 is 39.8. The molecular weight excluding hydrogens is 379 g/mol. The monoisotopic (exact) mass is 399 g/mol. The Morgan fingerprint density at radius 2 is 1.79 bits per heavy atom. The van der Waals surface area contributed by atoms with Crippen molar-refractivity contribution in [3.8, 4) is 0 Å². The van der Waals surface area contributed by atoms with Gasteiger partial charge < -0.3 is 10.4 Å². The lowest BCUT2D eigenvalue weighted by Crippen LogP contribution is -2.44. The fraction of sp³-hybridized carbons (Fsp3) is 0.389. The third-order valence-corrected chi connectivity index (χ3v) is 4.32. The van der Waals surface area contributed by atoms with E-state index in [1.165, 1.54) is 13.2 Å². The number of benzene rings is 1. The SMILES string of the molecule is CC[C@@H](NC(=O)Cn1ccc(=O)n(C)c1=O)[C@H](O)c1ccc(C(F)(F)F)cc1. The lowest BCUT2D eigenvalue weighted by molar-refractivity contribution is -0.137. The molecule has 1 aromatic carbocycles. The largest absolute Gasteiger partial charge is 0.416 e. The number of aliphatic hydroxyl groups is 1. The van der Waals surface area contributed by atoms with Crippen LogP contribution >= 0.6 is 0 Å². The predicted molar refractivity (Wildman–Crippen MR) is 94.6 cm³/mol. The quantitative estimate of drug-likeness (QED) is 0.763. The molecule has 152 valence electrons. The van der Waals surface area contributed by atoms with Crippen molar-refractivity contribution in [3.05, 3.63) is 68.5 Å². The van der Waals surface area contributed by atoms with Crippen molar-refractivity contribution in [1.82, 2.24) is 14.5 Å². The molecule has 1 aromatic heterocycles. The molecule has 1 heterocycles. The van der Waals surface area contributed by atoms with Crippen molar-refractivity contribution in [2.45, 2.75) is 38.2 Å². The van der Waals surface area contributed by atoms with Gasteiger partial charge in [-0.05, 0) is 24.1 Å². The Hall–Kier alpha value is -2.88. The highest BCUT2D eigenvalue weighted by Crippen LogP contribution is 2.30. The van der Waals surface area contributed by atoms with Crippen molar-refractivity contribution >= 4 is 5.91 Å². The molecule has 0 saturated carbocycles. The molecule has 1 amide bonds. The van der Waals surface area contributed by atoms with E-state index in [4.69, 9.17) is 0 Å². The van der Waals surface area contributed by atoms with E-state index < -0.39 is 41.0 Å². The third kappa shape index (κ3) is 4.89. The highest BCUT2D eigenvalue weighted by atomic mass is 19.4. The summed E-state index contributed by atoms with van der Waals surface area (Å²) in [6, 6.07) is 4.39. The smallest absolute Gasteiger partial charge is 0.386 e. The van der Waals surface area contributed by atoms with Crippen molar-refractivity contribution in [2.24, 2.45) is 7.05 Å². The number of amides is 1. The Bertz CT molecular complexity index is 948. The zero-order valence-corrected chi connectivity index (χ0v) is 15.2. The average Bonchev–Trinajstić information content (AvgIpc) is 2.65. The number of nitrogens with one attached hydrogen (secondary N) is 1. The summed E-state index contributed by atoms with van der Waals surface area (Å²) in [4.78, 5) is 35.6.